The highest BCUT2D eigenvalue weighted by Crippen LogP contribution is 2.37. The van der Waals surface area contributed by atoms with Gasteiger partial charge in [-0.15, -0.1) is 0 Å². The summed E-state index contributed by atoms with van der Waals surface area (Å²) in [5, 5.41) is 10.8. The fourth-order valence-corrected chi connectivity index (χ4v) is 3.77. The number of rotatable bonds is 1. The van der Waals surface area contributed by atoms with Gasteiger partial charge in [0.15, 0.2) is 0 Å². The Morgan fingerprint density at radius 1 is 1.32 bits per heavy atom. The number of aromatic carboxylic acids is 1. The molecule has 98 valence electrons. The van der Waals surface area contributed by atoms with Crippen LogP contribution in [-0.4, -0.2) is 21.8 Å². The highest BCUT2D eigenvalue weighted by atomic mass is 35.5. The third kappa shape index (κ3) is 2.08. The molecule has 0 unspecified atom stereocenters. The molecule has 1 N–H and O–H groups in total. The van der Waals surface area contributed by atoms with Crippen LogP contribution in [0.25, 0.3) is 10.9 Å². The van der Waals surface area contributed by atoms with E-state index in [1.54, 1.807) is 23.9 Å². The third-order valence-corrected chi connectivity index (χ3v) is 4.77. The van der Waals surface area contributed by atoms with Crippen LogP contribution in [0.3, 0.4) is 0 Å². The van der Waals surface area contributed by atoms with Gasteiger partial charge in [-0.25, -0.2) is 4.79 Å². The van der Waals surface area contributed by atoms with Crippen molar-refractivity contribution >= 4 is 51.8 Å². The lowest BCUT2D eigenvalue weighted by molar-refractivity contribution is 0.0698. The molecule has 2 heterocycles. The topological polar surface area (TPSA) is 50.2 Å². The van der Waals surface area contributed by atoms with Gasteiger partial charge in [-0.3, -0.25) is 4.98 Å². The van der Waals surface area contributed by atoms with E-state index in [2.05, 4.69) is 4.98 Å². The number of pyridine rings is 1. The maximum absolute atomic E-state index is 11.6. The van der Waals surface area contributed by atoms with E-state index in [4.69, 9.17) is 23.2 Å². The van der Waals surface area contributed by atoms with Crippen LogP contribution in [0.15, 0.2) is 12.1 Å². The van der Waals surface area contributed by atoms with Crippen LogP contribution in [0, 0.1) is 0 Å². The quantitative estimate of drug-likeness (QED) is 0.863. The normalized spacial score (nSPS) is 14.4. The van der Waals surface area contributed by atoms with E-state index in [9.17, 15) is 9.90 Å². The van der Waals surface area contributed by atoms with Crippen molar-refractivity contribution in [2.45, 2.75) is 12.2 Å². The lowest BCUT2D eigenvalue weighted by Gasteiger charge is -2.19. The summed E-state index contributed by atoms with van der Waals surface area (Å²) in [6.07, 6.45) is 0.763. The van der Waals surface area contributed by atoms with E-state index in [1.807, 2.05) is 0 Å². The number of aryl methyl sites for hydroxylation is 1. The number of benzene rings is 1. The maximum Gasteiger partial charge on any atom is 0.336 e. The molecule has 0 saturated heterocycles. The predicted octanol–water partition coefficient (Wildman–Crippen LogP) is 4.03. The summed E-state index contributed by atoms with van der Waals surface area (Å²) < 4.78 is 0. The smallest absolute Gasteiger partial charge is 0.336 e. The minimum atomic E-state index is -0.977. The first-order valence-electron chi connectivity index (χ1n) is 5.70. The lowest BCUT2D eigenvalue weighted by atomic mass is 10.00. The van der Waals surface area contributed by atoms with Crippen molar-refractivity contribution in [1.29, 1.82) is 0 Å². The van der Waals surface area contributed by atoms with E-state index >= 15 is 0 Å². The monoisotopic (exact) mass is 313 g/mol. The Morgan fingerprint density at radius 2 is 2.05 bits per heavy atom. The van der Waals surface area contributed by atoms with Gasteiger partial charge in [0.2, 0.25) is 0 Å². The van der Waals surface area contributed by atoms with Gasteiger partial charge in [0, 0.05) is 16.8 Å². The van der Waals surface area contributed by atoms with Gasteiger partial charge in [0.25, 0.3) is 0 Å². The molecule has 0 atom stereocenters. The lowest BCUT2D eigenvalue weighted by Crippen LogP contribution is -2.13. The van der Waals surface area contributed by atoms with Crippen molar-refractivity contribution in [3.8, 4) is 0 Å². The van der Waals surface area contributed by atoms with Gasteiger partial charge in [-0.2, -0.15) is 11.8 Å². The Bertz CT molecular complexity index is 703. The van der Waals surface area contributed by atoms with Gasteiger partial charge < -0.3 is 5.11 Å². The van der Waals surface area contributed by atoms with E-state index in [1.165, 1.54) is 0 Å². The molecule has 1 aromatic heterocycles. The number of hydrogen-bond donors (Lipinski definition) is 1. The Labute approximate surface area is 123 Å². The number of fused-ring (bicyclic) bond motifs is 2. The molecule has 2 aromatic rings. The molecule has 1 aromatic carbocycles. The number of hydrogen-bond acceptors (Lipinski definition) is 3. The van der Waals surface area contributed by atoms with Gasteiger partial charge in [-0.1, -0.05) is 23.2 Å². The number of halogens is 2. The van der Waals surface area contributed by atoms with Crippen LogP contribution in [-0.2, 0) is 12.2 Å². The number of thioether (sulfide) groups is 1. The molecule has 0 spiro atoms. The fourth-order valence-electron chi connectivity index (χ4n) is 2.33. The Balaban J connectivity index is 2.50. The van der Waals surface area contributed by atoms with Crippen molar-refractivity contribution in [2.24, 2.45) is 0 Å². The number of carboxylic acid groups (broad SMARTS) is 1. The first-order chi connectivity index (χ1) is 9.09. The predicted molar refractivity (Wildman–Crippen MR) is 78.6 cm³/mol. The number of carboxylic acids is 1. The standard InChI is InChI=1S/C13H9Cl2NO2S/c14-7-1-2-8(15)12-11(7)10(13(17)18)6-5-19-4-3-9(6)16-12/h1-2H,3-5H2,(H,17,18). The maximum atomic E-state index is 11.6. The van der Waals surface area contributed by atoms with E-state index in [-0.39, 0.29) is 5.56 Å². The molecule has 1 aliphatic heterocycles. The average molecular weight is 314 g/mol. The van der Waals surface area contributed by atoms with E-state index in [0.29, 0.717) is 26.7 Å². The molecule has 0 radical (unpaired) electrons. The molecule has 6 heteroatoms. The molecule has 0 amide bonds. The highest BCUT2D eigenvalue weighted by Gasteiger charge is 2.24. The van der Waals surface area contributed by atoms with Crippen LogP contribution in [0.1, 0.15) is 21.6 Å². The summed E-state index contributed by atoms with van der Waals surface area (Å²) >= 11 is 14.0. The average Bonchev–Trinajstić information content (AvgIpc) is 2.40. The summed E-state index contributed by atoms with van der Waals surface area (Å²) in [7, 11) is 0. The SMILES string of the molecule is O=C(O)c1c2c(nc3c(Cl)ccc(Cl)c13)CCSC2. The summed E-state index contributed by atoms with van der Waals surface area (Å²) in [5.41, 5.74) is 2.34. The van der Waals surface area contributed by atoms with Crippen LogP contribution < -0.4 is 0 Å². The van der Waals surface area contributed by atoms with Crippen molar-refractivity contribution in [2.75, 3.05) is 5.75 Å². The molecule has 0 fully saturated rings. The van der Waals surface area contributed by atoms with Crippen LogP contribution in [0.4, 0.5) is 0 Å². The minimum Gasteiger partial charge on any atom is -0.478 e. The molecule has 3 rings (SSSR count). The van der Waals surface area contributed by atoms with Gasteiger partial charge in [0.05, 0.1) is 21.1 Å². The Morgan fingerprint density at radius 3 is 2.79 bits per heavy atom. The van der Waals surface area contributed by atoms with Crippen molar-refractivity contribution in [3.05, 3.63) is 39.0 Å². The summed E-state index contributed by atoms with van der Waals surface area (Å²) in [6.45, 7) is 0. The highest BCUT2D eigenvalue weighted by molar-refractivity contribution is 7.98. The Kier molecular flexibility index (Phi) is 3.33. The number of nitrogens with zero attached hydrogens (tertiary/aromatic N) is 1. The van der Waals surface area contributed by atoms with Gasteiger partial charge in [-0.05, 0) is 29.9 Å². The molecular weight excluding hydrogens is 305 g/mol. The largest absolute Gasteiger partial charge is 0.478 e. The summed E-state index contributed by atoms with van der Waals surface area (Å²) in [6, 6.07) is 3.26. The molecule has 3 nitrogen and oxygen atoms in total. The second-order valence-corrected chi connectivity index (χ2v) is 6.19. The second kappa shape index (κ2) is 4.85. The summed E-state index contributed by atoms with van der Waals surface area (Å²) in [5.74, 6) is 0.626. The fraction of sp³-hybridized carbons (Fsp3) is 0.231. The van der Waals surface area contributed by atoms with Crippen LogP contribution in [0.2, 0.25) is 10.0 Å². The molecule has 19 heavy (non-hydrogen) atoms. The molecule has 0 saturated carbocycles. The zero-order chi connectivity index (χ0) is 13.6. The van der Waals surface area contributed by atoms with Crippen molar-refractivity contribution in [3.63, 3.8) is 0 Å². The first kappa shape index (κ1) is 13.0. The van der Waals surface area contributed by atoms with E-state index < -0.39 is 5.97 Å². The third-order valence-electron chi connectivity index (χ3n) is 3.17. The summed E-state index contributed by atoms with van der Waals surface area (Å²) in [4.78, 5) is 16.1. The van der Waals surface area contributed by atoms with Crippen molar-refractivity contribution in [1.82, 2.24) is 4.98 Å². The van der Waals surface area contributed by atoms with Crippen LogP contribution >= 0.6 is 35.0 Å². The molecule has 0 aliphatic carbocycles. The number of carbonyl (C=O) groups is 1. The molecule has 1 aliphatic rings. The molecule has 0 bridgehead atoms. The second-order valence-electron chi connectivity index (χ2n) is 4.27. The minimum absolute atomic E-state index is 0.250. The van der Waals surface area contributed by atoms with E-state index in [0.717, 1.165) is 23.4 Å². The number of aromatic nitrogens is 1. The zero-order valence-electron chi connectivity index (χ0n) is 9.74. The van der Waals surface area contributed by atoms with Crippen LogP contribution in [0.5, 0.6) is 0 Å². The van der Waals surface area contributed by atoms with Crippen molar-refractivity contribution < 1.29 is 9.90 Å². The van der Waals surface area contributed by atoms with Gasteiger partial charge >= 0.3 is 5.97 Å². The zero-order valence-corrected chi connectivity index (χ0v) is 12.1. The van der Waals surface area contributed by atoms with Gasteiger partial charge in [0.1, 0.15) is 0 Å². The Hall–Kier alpha value is -0.970. The first-order valence-corrected chi connectivity index (χ1v) is 7.61. The molecular formula is C13H9Cl2NO2S.